The number of ether oxygens (including phenoxy) is 1. The third-order valence-electron chi connectivity index (χ3n) is 2.92. The van der Waals surface area contributed by atoms with Crippen molar-refractivity contribution < 1.29 is 9.53 Å². The van der Waals surface area contributed by atoms with Crippen molar-refractivity contribution in [3.05, 3.63) is 28.7 Å². The van der Waals surface area contributed by atoms with Gasteiger partial charge in [-0.3, -0.25) is 4.79 Å². The second kappa shape index (κ2) is 6.20. The van der Waals surface area contributed by atoms with E-state index in [4.69, 9.17) is 4.74 Å². The predicted molar refractivity (Wildman–Crippen MR) is 73.6 cm³/mol. The first-order chi connectivity index (χ1) is 8.66. The van der Waals surface area contributed by atoms with E-state index in [1.807, 2.05) is 24.3 Å². The maximum atomic E-state index is 11.9. The molecule has 1 fully saturated rings. The van der Waals surface area contributed by atoms with Gasteiger partial charge in [-0.25, -0.2) is 0 Å². The summed E-state index contributed by atoms with van der Waals surface area (Å²) in [6, 6.07) is 7.74. The number of carbonyl (C=O) groups is 1. The molecule has 1 aromatic carbocycles. The smallest absolute Gasteiger partial charge is 0.261 e. The third kappa shape index (κ3) is 3.46. The van der Waals surface area contributed by atoms with Gasteiger partial charge in [0.05, 0.1) is 4.47 Å². The maximum Gasteiger partial charge on any atom is 0.261 e. The number of hydrogen-bond acceptors (Lipinski definition) is 3. The highest BCUT2D eigenvalue weighted by Gasteiger charge is 2.21. The van der Waals surface area contributed by atoms with Crippen LogP contribution in [-0.4, -0.2) is 31.1 Å². The van der Waals surface area contributed by atoms with E-state index in [0.29, 0.717) is 5.75 Å². The number of rotatable bonds is 4. The Morgan fingerprint density at radius 2 is 2.33 bits per heavy atom. The molecule has 18 heavy (non-hydrogen) atoms. The maximum absolute atomic E-state index is 11.9. The quantitative estimate of drug-likeness (QED) is 0.889. The molecule has 98 valence electrons. The van der Waals surface area contributed by atoms with Crippen LogP contribution in [0.3, 0.4) is 0 Å². The van der Waals surface area contributed by atoms with Crippen LogP contribution in [-0.2, 0) is 4.79 Å². The van der Waals surface area contributed by atoms with Gasteiger partial charge < -0.3 is 15.4 Å². The highest BCUT2D eigenvalue weighted by molar-refractivity contribution is 9.10. The zero-order valence-electron chi connectivity index (χ0n) is 10.3. The molecular weight excluding hydrogens is 296 g/mol. The molecule has 1 amide bonds. The van der Waals surface area contributed by atoms with Crippen LogP contribution in [0.4, 0.5) is 0 Å². The van der Waals surface area contributed by atoms with E-state index in [1.165, 1.54) is 0 Å². The minimum absolute atomic E-state index is 0.0700. The second-order valence-corrected chi connectivity index (χ2v) is 5.24. The summed E-state index contributed by atoms with van der Waals surface area (Å²) in [6.45, 7) is 3.56. The summed E-state index contributed by atoms with van der Waals surface area (Å²) in [5.41, 5.74) is 0. The van der Waals surface area contributed by atoms with Crippen molar-refractivity contribution in [1.82, 2.24) is 10.6 Å². The molecule has 1 aliphatic rings. The Kier molecular flexibility index (Phi) is 4.60. The highest BCUT2D eigenvalue weighted by Crippen LogP contribution is 2.24. The van der Waals surface area contributed by atoms with E-state index < -0.39 is 6.10 Å². The standard InChI is InChI=1S/C13H17BrN2O2/c1-9(13(17)16-10-6-7-15-8-10)18-12-5-3-2-4-11(12)14/h2-5,9-10,15H,6-8H2,1H3,(H,16,17). The Hall–Kier alpha value is -1.07. The number of amides is 1. The molecular formula is C13H17BrN2O2. The van der Waals surface area contributed by atoms with Gasteiger partial charge >= 0.3 is 0 Å². The molecule has 1 aliphatic heterocycles. The van der Waals surface area contributed by atoms with Gasteiger partial charge in [-0.05, 0) is 48.0 Å². The summed E-state index contributed by atoms with van der Waals surface area (Å²) in [4.78, 5) is 11.9. The Labute approximate surface area is 115 Å². The van der Waals surface area contributed by atoms with E-state index in [-0.39, 0.29) is 11.9 Å². The second-order valence-electron chi connectivity index (χ2n) is 4.39. The topological polar surface area (TPSA) is 50.4 Å². The minimum atomic E-state index is -0.496. The molecule has 2 unspecified atom stereocenters. The molecule has 1 heterocycles. The molecule has 5 heteroatoms. The molecule has 0 radical (unpaired) electrons. The fourth-order valence-corrected chi connectivity index (χ4v) is 2.26. The van der Waals surface area contributed by atoms with Gasteiger partial charge in [0, 0.05) is 12.6 Å². The molecule has 2 atom stereocenters. The number of carbonyl (C=O) groups excluding carboxylic acids is 1. The van der Waals surface area contributed by atoms with E-state index in [1.54, 1.807) is 6.92 Å². The lowest BCUT2D eigenvalue weighted by atomic mass is 10.2. The van der Waals surface area contributed by atoms with Gasteiger partial charge in [-0.1, -0.05) is 12.1 Å². The van der Waals surface area contributed by atoms with Crippen molar-refractivity contribution in [2.24, 2.45) is 0 Å². The molecule has 0 spiro atoms. The number of halogens is 1. The van der Waals surface area contributed by atoms with Crippen molar-refractivity contribution >= 4 is 21.8 Å². The predicted octanol–water partition coefficient (Wildman–Crippen LogP) is 1.69. The van der Waals surface area contributed by atoms with Crippen molar-refractivity contribution in [3.8, 4) is 5.75 Å². The first-order valence-corrected chi connectivity index (χ1v) is 6.88. The summed E-state index contributed by atoms with van der Waals surface area (Å²) in [5.74, 6) is 0.615. The Morgan fingerprint density at radius 1 is 1.56 bits per heavy atom. The van der Waals surface area contributed by atoms with Crippen LogP contribution in [0.1, 0.15) is 13.3 Å². The number of hydrogen-bond donors (Lipinski definition) is 2. The van der Waals surface area contributed by atoms with E-state index in [2.05, 4.69) is 26.6 Å². The van der Waals surface area contributed by atoms with E-state index in [0.717, 1.165) is 24.0 Å². The first kappa shape index (κ1) is 13.4. The lowest BCUT2D eigenvalue weighted by Gasteiger charge is -2.18. The summed E-state index contributed by atoms with van der Waals surface area (Å²) >= 11 is 3.40. The van der Waals surface area contributed by atoms with E-state index >= 15 is 0 Å². The van der Waals surface area contributed by atoms with Gasteiger partial charge in [-0.2, -0.15) is 0 Å². The van der Waals surface area contributed by atoms with E-state index in [9.17, 15) is 4.79 Å². The van der Waals surface area contributed by atoms with Crippen LogP contribution in [0.2, 0.25) is 0 Å². The van der Waals surface area contributed by atoms with Crippen molar-refractivity contribution in [2.75, 3.05) is 13.1 Å². The zero-order valence-corrected chi connectivity index (χ0v) is 11.9. The van der Waals surface area contributed by atoms with Crippen LogP contribution in [0.15, 0.2) is 28.7 Å². The normalized spacial score (nSPS) is 20.4. The molecule has 2 N–H and O–H groups in total. The van der Waals surface area contributed by atoms with Gasteiger partial charge in [-0.15, -0.1) is 0 Å². The molecule has 0 aliphatic carbocycles. The first-order valence-electron chi connectivity index (χ1n) is 6.09. The third-order valence-corrected chi connectivity index (χ3v) is 3.57. The molecule has 1 saturated heterocycles. The van der Waals surface area contributed by atoms with Gasteiger partial charge in [0.1, 0.15) is 5.75 Å². The van der Waals surface area contributed by atoms with Gasteiger partial charge in [0.2, 0.25) is 0 Å². The lowest BCUT2D eigenvalue weighted by molar-refractivity contribution is -0.127. The fraction of sp³-hybridized carbons (Fsp3) is 0.462. The molecule has 0 aromatic heterocycles. The van der Waals surface area contributed by atoms with Crippen LogP contribution in [0.5, 0.6) is 5.75 Å². The summed E-state index contributed by atoms with van der Waals surface area (Å²) < 4.78 is 6.49. The van der Waals surface area contributed by atoms with Crippen LogP contribution >= 0.6 is 15.9 Å². The lowest BCUT2D eigenvalue weighted by Crippen LogP contribution is -2.43. The van der Waals surface area contributed by atoms with Crippen LogP contribution in [0.25, 0.3) is 0 Å². The van der Waals surface area contributed by atoms with Crippen molar-refractivity contribution in [2.45, 2.75) is 25.5 Å². The highest BCUT2D eigenvalue weighted by atomic mass is 79.9. The zero-order chi connectivity index (χ0) is 13.0. The van der Waals surface area contributed by atoms with Crippen LogP contribution in [0, 0.1) is 0 Å². The SMILES string of the molecule is CC(Oc1ccccc1Br)C(=O)NC1CCNC1. The van der Waals surface area contributed by atoms with Gasteiger partial charge in [0.15, 0.2) is 6.10 Å². The summed E-state index contributed by atoms with van der Waals surface area (Å²) in [6.07, 6.45) is 0.484. The number of benzene rings is 1. The Morgan fingerprint density at radius 3 is 3.00 bits per heavy atom. The van der Waals surface area contributed by atoms with Gasteiger partial charge in [0.25, 0.3) is 5.91 Å². The van der Waals surface area contributed by atoms with Crippen LogP contribution < -0.4 is 15.4 Å². The summed E-state index contributed by atoms with van der Waals surface area (Å²) in [7, 11) is 0. The Bertz CT molecular complexity index is 419. The molecule has 0 saturated carbocycles. The average Bonchev–Trinajstić information content (AvgIpc) is 2.84. The summed E-state index contributed by atoms with van der Waals surface area (Å²) in [5, 5.41) is 6.19. The number of para-hydroxylation sites is 1. The fourth-order valence-electron chi connectivity index (χ4n) is 1.88. The minimum Gasteiger partial charge on any atom is -0.480 e. The Balaban J connectivity index is 1.89. The largest absolute Gasteiger partial charge is 0.480 e. The van der Waals surface area contributed by atoms with Crippen molar-refractivity contribution in [1.29, 1.82) is 0 Å². The molecule has 1 aromatic rings. The van der Waals surface area contributed by atoms with Crippen molar-refractivity contribution in [3.63, 3.8) is 0 Å². The molecule has 4 nitrogen and oxygen atoms in total. The number of nitrogens with one attached hydrogen (secondary N) is 2. The molecule has 2 rings (SSSR count). The monoisotopic (exact) mass is 312 g/mol. The average molecular weight is 313 g/mol. The molecule has 0 bridgehead atoms.